The second kappa shape index (κ2) is 7.04. The standard InChI is InChI=1S/C17H12F4N4O/c18-12-6-11(7-22-8-12)15-23-9-13(14(25-15)17(19,20)21)24-16(26)10-4-2-1-3-5-10/h1-9,16,24,26H. The van der Waals surface area contributed by atoms with Crippen LogP contribution in [-0.2, 0) is 6.18 Å². The molecule has 0 saturated carbocycles. The topological polar surface area (TPSA) is 70.9 Å². The largest absolute Gasteiger partial charge is 0.435 e. The maximum atomic E-state index is 13.4. The quantitative estimate of drug-likeness (QED) is 0.544. The van der Waals surface area contributed by atoms with Crippen LogP contribution in [0.1, 0.15) is 17.5 Å². The van der Waals surface area contributed by atoms with E-state index in [4.69, 9.17) is 0 Å². The van der Waals surface area contributed by atoms with Crippen molar-refractivity contribution < 1.29 is 22.7 Å². The van der Waals surface area contributed by atoms with Crippen LogP contribution in [0.25, 0.3) is 11.4 Å². The smallest absolute Gasteiger partial charge is 0.369 e. The molecule has 9 heteroatoms. The maximum Gasteiger partial charge on any atom is 0.435 e. The van der Waals surface area contributed by atoms with Crippen LogP contribution in [0.15, 0.2) is 55.0 Å². The average Bonchev–Trinajstić information content (AvgIpc) is 2.62. The molecule has 0 saturated heterocycles. The lowest BCUT2D eigenvalue weighted by atomic mass is 10.2. The molecule has 2 N–H and O–H groups in total. The van der Waals surface area contributed by atoms with Crippen LogP contribution < -0.4 is 5.32 Å². The Labute approximate surface area is 145 Å². The molecule has 0 aliphatic carbocycles. The highest BCUT2D eigenvalue weighted by molar-refractivity contribution is 5.58. The predicted molar refractivity (Wildman–Crippen MR) is 85.2 cm³/mol. The number of aliphatic hydroxyl groups is 1. The van der Waals surface area contributed by atoms with E-state index in [0.29, 0.717) is 5.56 Å². The predicted octanol–water partition coefficient (Wildman–Crippen LogP) is 3.80. The van der Waals surface area contributed by atoms with Crippen LogP contribution in [0, 0.1) is 5.82 Å². The summed E-state index contributed by atoms with van der Waals surface area (Å²) >= 11 is 0. The van der Waals surface area contributed by atoms with E-state index < -0.39 is 29.6 Å². The first kappa shape index (κ1) is 17.7. The van der Waals surface area contributed by atoms with Gasteiger partial charge < -0.3 is 10.4 Å². The van der Waals surface area contributed by atoms with Gasteiger partial charge in [0.05, 0.1) is 18.1 Å². The minimum Gasteiger partial charge on any atom is -0.369 e. The van der Waals surface area contributed by atoms with Crippen molar-refractivity contribution in [2.75, 3.05) is 5.32 Å². The summed E-state index contributed by atoms with van der Waals surface area (Å²) in [5.74, 6) is -1.05. The number of aliphatic hydroxyl groups excluding tert-OH is 1. The third kappa shape index (κ3) is 3.94. The highest BCUT2D eigenvalue weighted by Crippen LogP contribution is 2.35. The zero-order valence-corrected chi connectivity index (χ0v) is 13.1. The van der Waals surface area contributed by atoms with E-state index in [2.05, 4.69) is 20.3 Å². The Morgan fingerprint density at radius 3 is 2.42 bits per heavy atom. The zero-order valence-electron chi connectivity index (χ0n) is 13.1. The van der Waals surface area contributed by atoms with Crippen molar-refractivity contribution >= 4 is 5.69 Å². The molecule has 26 heavy (non-hydrogen) atoms. The fraction of sp³-hybridized carbons (Fsp3) is 0.118. The summed E-state index contributed by atoms with van der Waals surface area (Å²) in [4.78, 5) is 10.9. The number of hydrogen-bond donors (Lipinski definition) is 2. The van der Waals surface area contributed by atoms with Gasteiger partial charge in [-0.25, -0.2) is 14.4 Å². The van der Waals surface area contributed by atoms with Crippen molar-refractivity contribution in [2.45, 2.75) is 12.4 Å². The number of rotatable bonds is 4. The molecule has 1 aromatic carbocycles. The Morgan fingerprint density at radius 1 is 1.04 bits per heavy atom. The van der Waals surface area contributed by atoms with E-state index in [1.807, 2.05) is 0 Å². The molecule has 3 rings (SSSR count). The molecule has 3 aromatic rings. The van der Waals surface area contributed by atoms with Gasteiger partial charge in [-0.15, -0.1) is 0 Å². The van der Waals surface area contributed by atoms with E-state index in [1.165, 1.54) is 0 Å². The van der Waals surface area contributed by atoms with Crippen molar-refractivity contribution in [3.8, 4) is 11.4 Å². The number of pyridine rings is 1. The molecule has 0 amide bonds. The number of anilines is 1. The summed E-state index contributed by atoms with van der Waals surface area (Å²) in [7, 11) is 0. The fourth-order valence-corrected chi connectivity index (χ4v) is 2.24. The van der Waals surface area contributed by atoms with Crippen molar-refractivity contribution in [1.29, 1.82) is 0 Å². The van der Waals surface area contributed by atoms with Gasteiger partial charge in [-0.1, -0.05) is 30.3 Å². The lowest BCUT2D eigenvalue weighted by Crippen LogP contribution is -2.17. The van der Waals surface area contributed by atoms with Gasteiger partial charge >= 0.3 is 6.18 Å². The third-order valence-electron chi connectivity index (χ3n) is 3.43. The van der Waals surface area contributed by atoms with E-state index in [9.17, 15) is 22.7 Å². The SMILES string of the molecule is OC(Nc1cnc(-c2cncc(F)c2)nc1C(F)(F)F)c1ccccc1. The highest BCUT2D eigenvalue weighted by Gasteiger charge is 2.37. The third-order valence-corrected chi connectivity index (χ3v) is 3.43. The van der Waals surface area contributed by atoms with Crippen LogP contribution in [0.2, 0.25) is 0 Å². The Balaban J connectivity index is 1.98. The van der Waals surface area contributed by atoms with Crippen molar-refractivity contribution in [3.63, 3.8) is 0 Å². The summed E-state index contributed by atoms with van der Waals surface area (Å²) in [5.41, 5.74) is -1.40. The number of halogens is 4. The first-order valence-corrected chi connectivity index (χ1v) is 7.39. The molecule has 0 spiro atoms. The van der Waals surface area contributed by atoms with Crippen LogP contribution in [0.3, 0.4) is 0 Å². The van der Waals surface area contributed by atoms with Crippen molar-refractivity contribution in [1.82, 2.24) is 15.0 Å². The molecular formula is C17H12F4N4O. The monoisotopic (exact) mass is 364 g/mol. The van der Waals surface area contributed by atoms with Gasteiger partial charge in [0.1, 0.15) is 5.82 Å². The van der Waals surface area contributed by atoms with Gasteiger partial charge in [-0.05, 0) is 6.07 Å². The molecule has 1 unspecified atom stereocenters. The molecule has 5 nitrogen and oxygen atoms in total. The Bertz CT molecular complexity index is 903. The summed E-state index contributed by atoms with van der Waals surface area (Å²) < 4.78 is 53.4. The van der Waals surface area contributed by atoms with Gasteiger partial charge in [0.15, 0.2) is 17.7 Å². The molecule has 2 heterocycles. The minimum atomic E-state index is -4.81. The van der Waals surface area contributed by atoms with E-state index in [-0.39, 0.29) is 11.4 Å². The lowest BCUT2D eigenvalue weighted by Gasteiger charge is -2.18. The molecule has 0 aliphatic rings. The first-order valence-electron chi connectivity index (χ1n) is 7.39. The molecule has 0 bridgehead atoms. The number of benzene rings is 1. The van der Waals surface area contributed by atoms with Gasteiger partial charge in [-0.2, -0.15) is 13.2 Å². The molecule has 0 aliphatic heterocycles. The van der Waals surface area contributed by atoms with Crippen LogP contribution >= 0.6 is 0 Å². The second-order valence-corrected chi connectivity index (χ2v) is 5.30. The van der Waals surface area contributed by atoms with Crippen LogP contribution in [-0.4, -0.2) is 20.1 Å². The lowest BCUT2D eigenvalue weighted by molar-refractivity contribution is -0.140. The normalized spacial score (nSPS) is 12.7. The summed E-state index contributed by atoms with van der Waals surface area (Å²) in [5, 5.41) is 12.4. The van der Waals surface area contributed by atoms with Crippen LogP contribution in [0.5, 0.6) is 0 Å². The highest BCUT2D eigenvalue weighted by atomic mass is 19.4. The summed E-state index contributed by atoms with van der Waals surface area (Å²) in [6.07, 6.45) is -3.23. The van der Waals surface area contributed by atoms with E-state index in [1.54, 1.807) is 30.3 Å². The van der Waals surface area contributed by atoms with Gasteiger partial charge in [-0.3, -0.25) is 4.98 Å². The minimum absolute atomic E-state index is 0.00524. The Morgan fingerprint density at radius 2 is 1.77 bits per heavy atom. The fourth-order valence-electron chi connectivity index (χ4n) is 2.24. The van der Waals surface area contributed by atoms with Gasteiger partial charge in [0.25, 0.3) is 0 Å². The van der Waals surface area contributed by atoms with Gasteiger partial charge in [0.2, 0.25) is 0 Å². The molecule has 0 fully saturated rings. The summed E-state index contributed by atoms with van der Waals surface area (Å²) in [6.45, 7) is 0. The van der Waals surface area contributed by atoms with Crippen molar-refractivity contribution in [3.05, 3.63) is 72.1 Å². The average molecular weight is 364 g/mol. The first-order chi connectivity index (χ1) is 12.3. The van der Waals surface area contributed by atoms with Crippen molar-refractivity contribution in [2.24, 2.45) is 0 Å². The number of nitrogens with one attached hydrogen (secondary N) is 1. The maximum absolute atomic E-state index is 13.4. The second-order valence-electron chi connectivity index (χ2n) is 5.30. The van der Waals surface area contributed by atoms with E-state index in [0.717, 1.165) is 24.7 Å². The molecule has 0 radical (unpaired) electrons. The number of nitrogens with zero attached hydrogens (tertiary/aromatic N) is 3. The number of alkyl halides is 3. The number of aromatic nitrogens is 3. The summed E-state index contributed by atoms with van der Waals surface area (Å²) in [6, 6.07) is 9.08. The zero-order chi connectivity index (χ0) is 18.7. The molecule has 2 aromatic heterocycles. The Hall–Kier alpha value is -3.07. The van der Waals surface area contributed by atoms with Crippen LogP contribution in [0.4, 0.5) is 23.2 Å². The number of hydrogen-bond acceptors (Lipinski definition) is 5. The molecule has 134 valence electrons. The van der Waals surface area contributed by atoms with E-state index >= 15 is 0 Å². The van der Waals surface area contributed by atoms with Gasteiger partial charge in [0, 0.05) is 17.3 Å². The molecular weight excluding hydrogens is 352 g/mol. The Kier molecular flexibility index (Phi) is 4.81. The molecule has 1 atom stereocenters.